The van der Waals surface area contributed by atoms with Gasteiger partial charge < -0.3 is 14.4 Å². The van der Waals surface area contributed by atoms with Crippen LogP contribution in [0.1, 0.15) is 22.3 Å². The summed E-state index contributed by atoms with van der Waals surface area (Å²) in [7, 11) is 1.77. The molecule has 1 atom stereocenters. The van der Waals surface area contributed by atoms with Gasteiger partial charge in [-0.3, -0.25) is 4.79 Å². The van der Waals surface area contributed by atoms with Crippen molar-refractivity contribution in [1.29, 1.82) is 0 Å². The average molecular weight is 275 g/mol. The molecule has 1 fully saturated rings. The van der Waals surface area contributed by atoms with E-state index in [1.165, 1.54) is 0 Å². The molecule has 5 nitrogen and oxygen atoms in total. The Bertz CT molecular complexity index is 555. The summed E-state index contributed by atoms with van der Waals surface area (Å²) in [6, 6.07) is 5.36. The van der Waals surface area contributed by atoms with E-state index in [4.69, 9.17) is 9.47 Å². The molecule has 0 saturated carbocycles. The molecule has 2 heterocycles. The van der Waals surface area contributed by atoms with Crippen molar-refractivity contribution < 1.29 is 19.1 Å². The Morgan fingerprint density at radius 3 is 3.10 bits per heavy atom. The number of nitrogens with zero attached hydrogens (tertiary/aromatic N) is 1. The van der Waals surface area contributed by atoms with Crippen LogP contribution < -0.4 is 4.74 Å². The van der Waals surface area contributed by atoms with Crippen molar-refractivity contribution >= 4 is 11.9 Å². The van der Waals surface area contributed by atoms with Gasteiger partial charge in [0.2, 0.25) is 5.91 Å². The molecule has 0 spiro atoms. The summed E-state index contributed by atoms with van der Waals surface area (Å²) >= 11 is 0. The van der Waals surface area contributed by atoms with Crippen LogP contribution in [0.4, 0.5) is 0 Å². The molecule has 2 aliphatic rings. The highest BCUT2D eigenvalue weighted by Gasteiger charge is 2.28. The first-order chi connectivity index (χ1) is 9.63. The molecule has 20 heavy (non-hydrogen) atoms. The van der Waals surface area contributed by atoms with Crippen LogP contribution in [0.2, 0.25) is 0 Å². The Morgan fingerprint density at radius 2 is 2.35 bits per heavy atom. The zero-order valence-electron chi connectivity index (χ0n) is 11.4. The van der Waals surface area contributed by atoms with E-state index < -0.39 is 0 Å². The number of esters is 1. The molecule has 0 unspecified atom stereocenters. The second-order valence-corrected chi connectivity index (χ2v) is 5.36. The third-order valence-corrected chi connectivity index (χ3v) is 3.80. The third-order valence-electron chi connectivity index (χ3n) is 3.80. The summed E-state index contributed by atoms with van der Waals surface area (Å²) < 4.78 is 10.7. The van der Waals surface area contributed by atoms with Crippen molar-refractivity contribution in [2.24, 2.45) is 5.92 Å². The van der Waals surface area contributed by atoms with E-state index in [0.717, 1.165) is 17.7 Å². The summed E-state index contributed by atoms with van der Waals surface area (Å²) in [4.78, 5) is 25.1. The second kappa shape index (κ2) is 5.15. The maximum absolute atomic E-state index is 12.0. The molecule has 1 aromatic carbocycles. The van der Waals surface area contributed by atoms with E-state index in [1.54, 1.807) is 18.0 Å². The summed E-state index contributed by atoms with van der Waals surface area (Å²) in [6.07, 6.45) is 1.29. The summed E-state index contributed by atoms with van der Waals surface area (Å²) in [5.41, 5.74) is 1.60. The standard InChI is InChI=1S/C15H17NO4/c1-16-8-10(6-14(16)17)9-20-15(18)12-2-3-13-11(7-12)4-5-19-13/h2-3,7,10H,4-6,8-9H2,1H3/t10-/m1/s1. The molecular formula is C15H17NO4. The third kappa shape index (κ3) is 2.48. The molecule has 0 bridgehead atoms. The lowest BCUT2D eigenvalue weighted by atomic mass is 10.1. The Balaban J connectivity index is 1.58. The van der Waals surface area contributed by atoms with Crippen molar-refractivity contribution in [3.63, 3.8) is 0 Å². The zero-order valence-corrected chi connectivity index (χ0v) is 11.4. The number of benzene rings is 1. The fraction of sp³-hybridized carbons (Fsp3) is 0.467. The maximum atomic E-state index is 12.0. The van der Waals surface area contributed by atoms with Gasteiger partial charge in [-0.2, -0.15) is 0 Å². The first-order valence-corrected chi connectivity index (χ1v) is 6.80. The van der Waals surface area contributed by atoms with Gasteiger partial charge in [-0.1, -0.05) is 0 Å². The van der Waals surface area contributed by atoms with Crippen LogP contribution in [0, 0.1) is 5.92 Å². The van der Waals surface area contributed by atoms with Gasteiger partial charge in [0.1, 0.15) is 5.75 Å². The van der Waals surface area contributed by atoms with Crippen LogP contribution in [0.25, 0.3) is 0 Å². The minimum Gasteiger partial charge on any atom is -0.493 e. The van der Waals surface area contributed by atoms with E-state index in [2.05, 4.69) is 0 Å². The Morgan fingerprint density at radius 1 is 1.50 bits per heavy atom. The van der Waals surface area contributed by atoms with Crippen LogP contribution >= 0.6 is 0 Å². The smallest absolute Gasteiger partial charge is 0.338 e. The van der Waals surface area contributed by atoms with Gasteiger partial charge in [-0.15, -0.1) is 0 Å². The second-order valence-electron chi connectivity index (χ2n) is 5.36. The highest BCUT2D eigenvalue weighted by atomic mass is 16.5. The van der Waals surface area contributed by atoms with E-state index in [9.17, 15) is 9.59 Å². The summed E-state index contributed by atoms with van der Waals surface area (Å²) in [5, 5.41) is 0. The zero-order chi connectivity index (χ0) is 14.1. The lowest BCUT2D eigenvalue weighted by molar-refractivity contribution is -0.126. The van der Waals surface area contributed by atoms with E-state index in [0.29, 0.717) is 31.7 Å². The van der Waals surface area contributed by atoms with Gasteiger partial charge in [0.05, 0.1) is 18.8 Å². The molecule has 1 aromatic rings. The molecule has 3 rings (SSSR count). The quantitative estimate of drug-likeness (QED) is 0.779. The van der Waals surface area contributed by atoms with Crippen LogP contribution in [0.15, 0.2) is 18.2 Å². The van der Waals surface area contributed by atoms with Gasteiger partial charge in [0.25, 0.3) is 0 Å². The number of hydrogen-bond donors (Lipinski definition) is 0. The number of hydrogen-bond acceptors (Lipinski definition) is 4. The molecule has 0 aromatic heterocycles. The van der Waals surface area contributed by atoms with Crippen molar-refractivity contribution in [3.05, 3.63) is 29.3 Å². The minimum absolute atomic E-state index is 0.106. The van der Waals surface area contributed by atoms with Crippen LogP contribution in [-0.4, -0.2) is 43.6 Å². The molecule has 0 N–H and O–H groups in total. The molecular weight excluding hydrogens is 258 g/mol. The summed E-state index contributed by atoms with van der Waals surface area (Å²) in [5.74, 6) is 0.737. The van der Waals surface area contributed by atoms with Gasteiger partial charge in [0.15, 0.2) is 0 Å². The molecule has 106 valence electrons. The van der Waals surface area contributed by atoms with Crippen LogP contribution in [0.3, 0.4) is 0 Å². The van der Waals surface area contributed by atoms with Crippen molar-refractivity contribution in [1.82, 2.24) is 4.90 Å². The lowest BCUT2D eigenvalue weighted by Gasteiger charge is -2.11. The first-order valence-electron chi connectivity index (χ1n) is 6.80. The minimum atomic E-state index is -0.332. The molecule has 5 heteroatoms. The van der Waals surface area contributed by atoms with Gasteiger partial charge in [0, 0.05) is 32.4 Å². The number of carbonyl (C=O) groups excluding carboxylic acids is 2. The Labute approximate surface area is 117 Å². The van der Waals surface area contributed by atoms with Crippen LogP contribution in [0.5, 0.6) is 5.75 Å². The molecule has 0 aliphatic carbocycles. The van der Waals surface area contributed by atoms with Crippen molar-refractivity contribution in [3.8, 4) is 5.75 Å². The number of ether oxygens (including phenoxy) is 2. The van der Waals surface area contributed by atoms with E-state index in [1.807, 2.05) is 12.1 Å². The fourth-order valence-electron chi connectivity index (χ4n) is 2.66. The predicted octanol–water partition coefficient (Wildman–Crippen LogP) is 1.26. The topological polar surface area (TPSA) is 55.8 Å². The highest BCUT2D eigenvalue weighted by Crippen LogP contribution is 2.26. The number of rotatable bonds is 3. The lowest BCUT2D eigenvalue weighted by Crippen LogP contribution is -2.20. The summed E-state index contributed by atoms with van der Waals surface area (Å²) in [6.45, 7) is 1.62. The number of fused-ring (bicyclic) bond motifs is 1. The monoisotopic (exact) mass is 275 g/mol. The number of likely N-dealkylation sites (tertiary alicyclic amines) is 1. The molecule has 1 saturated heterocycles. The Kier molecular flexibility index (Phi) is 3.34. The van der Waals surface area contributed by atoms with Gasteiger partial charge in [-0.05, 0) is 23.8 Å². The normalized spacial score (nSPS) is 20.8. The largest absolute Gasteiger partial charge is 0.493 e. The van der Waals surface area contributed by atoms with Gasteiger partial charge >= 0.3 is 5.97 Å². The highest BCUT2D eigenvalue weighted by molar-refractivity contribution is 5.90. The fourth-order valence-corrected chi connectivity index (χ4v) is 2.66. The maximum Gasteiger partial charge on any atom is 0.338 e. The number of amides is 1. The van der Waals surface area contributed by atoms with Crippen molar-refractivity contribution in [2.75, 3.05) is 26.8 Å². The van der Waals surface area contributed by atoms with E-state index >= 15 is 0 Å². The van der Waals surface area contributed by atoms with Crippen LogP contribution in [-0.2, 0) is 16.0 Å². The Hall–Kier alpha value is -2.04. The van der Waals surface area contributed by atoms with Gasteiger partial charge in [-0.25, -0.2) is 4.79 Å². The molecule has 1 amide bonds. The number of carbonyl (C=O) groups is 2. The molecule has 0 radical (unpaired) electrons. The predicted molar refractivity (Wildman–Crippen MR) is 71.7 cm³/mol. The first kappa shape index (κ1) is 13.0. The average Bonchev–Trinajstić information content (AvgIpc) is 3.02. The van der Waals surface area contributed by atoms with E-state index in [-0.39, 0.29) is 17.8 Å². The SMILES string of the molecule is CN1C[C@H](COC(=O)c2ccc3c(c2)CCO3)CC1=O. The molecule has 2 aliphatic heterocycles. The van der Waals surface area contributed by atoms with Crippen molar-refractivity contribution in [2.45, 2.75) is 12.8 Å².